The largest absolute Gasteiger partial charge is 0.472 e. The van der Waals surface area contributed by atoms with Gasteiger partial charge < -0.3 is 20.1 Å². The number of allylic oxidation sites excluding steroid dienone is 6. The SMILES string of the molecule is CCCCC/C=C\C/C=C\CCCCCCCC(=O)O[C@H](COC(=O)CCCCCCC/C=C\CCCCCCCC)COP(=O)(O)OCCN. The second-order valence-corrected chi connectivity index (χ2v) is 14.9. The van der Waals surface area contributed by atoms with E-state index in [0.29, 0.717) is 6.42 Å². The second kappa shape index (κ2) is 38.0. The van der Waals surface area contributed by atoms with Gasteiger partial charge in [-0.25, -0.2) is 4.57 Å². The molecule has 51 heavy (non-hydrogen) atoms. The number of phosphoric ester groups is 1. The third-order valence-electron chi connectivity index (χ3n) is 8.50. The van der Waals surface area contributed by atoms with E-state index in [0.717, 1.165) is 77.0 Å². The first-order valence-electron chi connectivity index (χ1n) is 20.5. The van der Waals surface area contributed by atoms with Gasteiger partial charge >= 0.3 is 19.8 Å². The minimum absolute atomic E-state index is 0.0495. The van der Waals surface area contributed by atoms with Crippen LogP contribution < -0.4 is 5.73 Å². The minimum atomic E-state index is -4.38. The standard InChI is InChI=1S/C41H76NO8P/c1-3-5-7-9-11-13-15-17-19-21-23-25-27-29-31-33-40(43)47-37-39(38-49-51(45,46)48-36-35-42)50-41(44)34-32-30-28-26-24-22-20-18-16-14-12-10-8-6-4-2/h12,14,17-20,39H,3-11,13,15-16,21-38,42H2,1-2H3,(H,45,46)/b14-12-,19-17-,20-18-/t39-/m1/s1. The topological polar surface area (TPSA) is 134 Å². The molecule has 0 saturated carbocycles. The molecule has 0 fully saturated rings. The van der Waals surface area contributed by atoms with Gasteiger partial charge in [-0.2, -0.15) is 0 Å². The summed E-state index contributed by atoms with van der Waals surface area (Å²) in [4.78, 5) is 34.8. The lowest BCUT2D eigenvalue weighted by molar-refractivity contribution is -0.161. The maximum atomic E-state index is 12.5. The van der Waals surface area contributed by atoms with Crippen LogP contribution in [0.1, 0.15) is 181 Å². The Balaban J connectivity index is 4.23. The molecule has 0 spiro atoms. The predicted octanol–water partition coefficient (Wildman–Crippen LogP) is 11.4. The van der Waals surface area contributed by atoms with Crippen molar-refractivity contribution in [2.75, 3.05) is 26.4 Å². The fourth-order valence-corrected chi connectivity index (χ4v) is 6.19. The molecule has 0 amide bonds. The molecule has 0 aliphatic carbocycles. The van der Waals surface area contributed by atoms with Crippen molar-refractivity contribution in [1.29, 1.82) is 0 Å². The van der Waals surface area contributed by atoms with Crippen LogP contribution in [0.3, 0.4) is 0 Å². The Morgan fingerprint density at radius 1 is 0.588 bits per heavy atom. The lowest BCUT2D eigenvalue weighted by atomic mass is 10.1. The zero-order valence-electron chi connectivity index (χ0n) is 32.6. The molecule has 9 nitrogen and oxygen atoms in total. The Morgan fingerprint density at radius 2 is 1.02 bits per heavy atom. The van der Waals surface area contributed by atoms with Gasteiger partial charge in [-0.3, -0.25) is 18.6 Å². The summed E-state index contributed by atoms with van der Waals surface area (Å²) in [5.41, 5.74) is 5.34. The molecule has 2 atom stereocenters. The van der Waals surface area contributed by atoms with Gasteiger partial charge in [0.2, 0.25) is 0 Å². The van der Waals surface area contributed by atoms with Crippen molar-refractivity contribution in [2.45, 2.75) is 187 Å². The number of esters is 2. The molecule has 0 aliphatic heterocycles. The molecule has 10 heteroatoms. The molecular weight excluding hydrogens is 665 g/mol. The minimum Gasteiger partial charge on any atom is -0.462 e. The van der Waals surface area contributed by atoms with Crippen molar-refractivity contribution >= 4 is 19.8 Å². The average Bonchev–Trinajstić information content (AvgIpc) is 3.11. The van der Waals surface area contributed by atoms with Crippen LogP contribution in [0.15, 0.2) is 36.5 Å². The van der Waals surface area contributed by atoms with Gasteiger partial charge in [0, 0.05) is 19.4 Å². The quantitative estimate of drug-likeness (QED) is 0.0274. The zero-order valence-corrected chi connectivity index (χ0v) is 33.5. The Hall–Kier alpha value is -1.77. The molecule has 1 unspecified atom stereocenters. The first-order chi connectivity index (χ1) is 24.8. The number of hydrogen-bond donors (Lipinski definition) is 2. The number of nitrogens with two attached hydrogens (primary N) is 1. The number of carbonyl (C=O) groups is 2. The summed E-state index contributed by atoms with van der Waals surface area (Å²) in [5, 5.41) is 0. The lowest BCUT2D eigenvalue weighted by Gasteiger charge is -2.19. The van der Waals surface area contributed by atoms with Crippen molar-refractivity contribution in [3.63, 3.8) is 0 Å². The fourth-order valence-electron chi connectivity index (χ4n) is 5.42. The summed E-state index contributed by atoms with van der Waals surface area (Å²) in [5.74, 6) is -0.854. The molecular formula is C41H76NO8P. The van der Waals surface area contributed by atoms with Gasteiger partial charge in [0.25, 0.3) is 0 Å². The maximum absolute atomic E-state index is 12.5. The maximum Gasteiger partial charge on any atom is 0.472 e. The van der Waals surface area contributed by atoms with E-state index in [2.05, 4.69) is 50.3 Å². The Kier molecular flexibility index (Phi) is 36.7. The van der Waals surface area contributed by atoms with Gasteiger partial charge in [-0.1, -0.05) is 134 Å². The fraction of sp³-hybridized carbons (Fsp3) is 0.805. The molecule has 0 aromatic rings. The third kappa shape index (κ3) is 37.8. The van der Waals surface area contributed by atoms with E-state index in [9.17, 15) is 19.0 Å². The summed E-state index contributed by atoms with van der Waals surface area (Å²) >= 11 is 0. The normalized spacial score (nSPS) is 13.7. The smallest absolute Gasteiger partial charge is 0.462 e. The summed E-state index contributed by atoms with van der Waals surface area (Å²) in [6, 6.07) is 0. The number of rotatable bonds is 38. The Morgan fingerprint density at radius 3 is 1.55 bits per heavy atom. The predicted molar refractivity (Wildman–Crippen MR) is 210 cm³/mol. The van der Waals surface area contributed by atoms with Crippen LogP contribution in [0, 0.1) is 0 Å². The van der Waals surface area contributed by atoms with E-state index >= 15 is 0 Å². The molecule has 0 radical (unpaired) electrons. The lowest BCUT2D eigenvalue weighted by Crippen LogP contribution is -2.29. The summed E-state index contributed by atoms with van der Waals surface area (Å²) in [6.07, 6.45) is 40.2. The summed E-state index contributed by atoms with van der Waals surface area (Å²) in [6.45, 7) is 3.67. The molecule has 298 valence electrons. The van der Waals surface area contributed by atoms with Gasteiger partial charge in [-0.15, -0.1) is 0 Å². The summed E-state index contributed by atoms with van der Waals surface area (Å²) < 4.78 is 32.7. The van der Waals surface area contributed by atoms with Crippen LogP contribution in [-0.2, 0) is 32.7 Å². The van der Waals surface area contributed by atoms with E-state index in [1.165, 1.54) is 70.6 Å². The highest BCUT2D eigenvalue weighted by Gasteiger charge is 2.25. The zero-order chi connectivity index (χ0) is 37.5. The van der Waals surface area contributed by atoms with Crippen molar-refractivity contribution < 1.29 is 37.6 Å². The van der Waals surface area contributed by atoms with E-state index in [-0.39, 0.29) is 32.6 Å². The molecule has 0 heterocycles. The highest BCUT2D eigenvalue weighted by Crippen LogP contribution is 2.43. The Bertz CT molecular complexity index is 939. The van der Waals surface area contributed by atoms with Crippen LogP contribution in [0.2, 0.25) is 0 Å². The molecule has 0 rings (SSSR count). The number of hydrogen-bond acceptors (Lipinski definition) is 8. The number of ether oxygens (including phenoxy) is 2. The van der Waals surface area contributed by atoms with Crippen LogP contribution in [0.4, 0.5) is 0 Å². The molecule has 0 aliphatic rings. The monoisotopic (exact) mass is 742 g/mol. The van der Waals surface area contributed by atoms with Crippen molar-refractivity contribution in [3.8, 4) is 0 Å². The van der Waals surface area contributed by atoms with Gasteiger partial charge in [-0.05, 0) is 70.6 Å². The van der Waals surface area contributed by atoms with E-state index < -0.39 is 32.5 Å². The van der Waals surface area contributed by atoms with Crippen molar-refractivity contribution in [2.24, 2.45) is 5.73 Å². The van der Waals surface area contributed by atoms with Gasteiger partial charge in [0.1, 0.15) is 6.61 Å². The molecule has 0 aromatic heterocycles. The van der Waals surface area contributed by atoms with E-state index in [1.54, 1.807) is 0 Å². The van der Waals surface area contributed by atoms with Crippen LogP contribution >= 0.6 is 7.82 Å². The van der Waals surface area contributed by atoms with E-state index in [1.807, 2.05) is 0 Å². The number of carbonyl (C=O) groups excluding carboxylic acids is 2. The highest BCUT2D eigenvalue weighted by atomic mass is 31.2. The number of unbranched alkanes of at least 4 members (excludes halogenated alkanes) is 19. The number of phosphoric acid groups is 1. The Labute approximate surface area is 312 Å². The first kappa shape index (κ1) is 49.2. The van der Waals surface area contributed by atoms with Crippen molar-refractivity contribution in [3.05, 3.63) is 36.5 Å². The third-order valence-corrected chi connectivity index (χ3v) is 9.48. The van der Waals surface area contributed by atoms with Crippen LogP contribution in [0.5, 0.6) is 0 Å². The highest BCUT2D eigenvalue weighted by molar-refractivity contribution is 7.47. The second-order valence-electron chi connectivity index (χ2n) is 13.5. The first-order valence-corrected chi connectivity index (χ1v) is 22.0. The van der Waals surface area contributed by atoms with Crippen molar-refractivity contribution in [1.82, 2.24) is 0 Å². The molecule has 0 saturated heterocycles. The molecule has 0 bridgehead atoms. The van der Waals surface area contributed by atoms with Gasteiger partial charge in [0.05, 0.1) is 13.2 Å². The van der Waals surface area contributed by atoms with Crippen LogP contribution in [-0.4, -0.2) is 49.3 Å². The molecule has 0 aromatic carbocycles. The van der Waals surface area contributed by atoms with E-state index in [4.69, 9.17) is 24.3 Å². The molecule has 3 N–H and O–H groups in total. The van der Waals surface area contributed by atoms with Crippen LogP contribution in [0.25, 0.3) is 0 Å². The average molecular weight is 742 g/mol. The van der Waals surface area contributed by atoms with Gasteiger partial charge in [0.15, 0.2) is 6.10 Å². The summed E-state index contributed by atoms with van der Waals surface area (Å²) in [7, 11) is -4.38.